The van der Waals surface area contributed by atoms with Crippen molar-refractivity contribution >= 4 is 44.0 Å². The molecule has 1 saturated carbocycles. The van der Waals surface area contributed by atoms with Gasteiger partial charge < -0.3 is 44.6 Å². The van der Waals surface area contributed by atoms with Gasteiger partial charge in [-0.25, -0.2) is 22.5 Å². The van der Waals surface area contributed by atoms with E-state index < -0.39 is 44.3 Å². The second-order valence-electron chi connectivity index (χ2n) is 21.3. The molecule has 0 unspecified atom stereocenters. The molecule has 76 heavy (non-hydrogen) atoms. The van der Waals surface area contributed by atoms with Crippen molar-refractivity contribution in [3.05, 3.63) is 120 Å². The molecule has 4 aromatic carbocycles. The number of nitrogens with one attached hydrogen (secondary N) is 3. The zero-order valence-electron chi connectivity index (χ0n) is 42.8. The molecular weight excluding hydrogens is 1000 g/mol. The van der Waals surface area contributed by atoms with Gasteiger partial charge in [0.2, 0.25) is 0 Å². The van der Waals surface area contributed by atoms with Gasteiger partial charge in [-0.1, -0.05) is 50.2 Å². The lowest BCUT2D eigenvalue weighted by Crippen LogP contribution is -2.60. The SMILES string of the molecule is COc1ccc(CN2CCN(C3CC4(CCN(c5ccc(C(=O)NS(=O)(=O)c6cc(N)c(NCC7(F)CCOCC7)c7c6OC(F)(F)O7)c(Oc6cnc7[nH]ccc7c6)c5)CC4)C3)[C@H](c3ccccc3C(C)C)C2)cc1. The minimum atomic E-state index is -5.01. The van der Waals surface area contributed by atoms with Gasteiger partial charge in [0.05, 0.1) is 24.6 Å². The summed E-state index contributed by atoms with van der Waals surface area (Å²) < 4.78 is 102. The molecule has 0 radical (unpaired) electrons. The highest BCUT2D eigenvalue weighted by Gasteiger charge is 2.51. The number of aromatic nitrogens is 2. The van der Waals surface area contributed by atoms with Crippen LogP contribution in [0, 0.1) is 5.41 Å². The summed E-state index contributed by atoms with van der Waals surface area (Å²) in [6.45, 7) is 9.80. The molecule has 4 aliphatic heterocycles. The number of piperazine rings is 1. The number of carbonyl (C=O) groups is 1. The van der Waals surface area contributed by atoms with E-state index in [1.807, 2.05) is 22.9 Å². The van der Waals surface area contributed by atoms with Gasteiger partial charge in [-0.05, 0) is 96.2 Å². The van der Waals surface area contributed by atoms with Crippen molar-refractivity contribution < 1.29 is 50.1 Å². The number of carbonyl (C=O) groups excluding carboxylic acids is 1. The lowest BCUT2D eigenvalue weighted by molar-refractivity contribution is -0.287. The standard InChI is InChI=1S/C56H63F3N8O8S/c1-35(2)42-6-4-5-7-43(42)46-33-65(32-36-8-11-40(71-3)12-9-36)22-23-67(46)39-29-54(30-39)15-20-66(21-16-54)38-10-13-44(47(27-38)73-41-26-37-14-19-61-52(37)62-31-41)53(68)64-76(69,70)48-28-45(60)49(51-50(48)74-56(58,59)75-51)63-34-55(57)17-24-72-25-18-55/h4-14,19,26-28,31,35,39,46,63H,15-18,20-25,29-30,32-34,60H2,1-3H3,(H,61,62)(H,64,68)/t46-/m0/s1. The van der Waals surface area contributed by atoms with Gasteiger partial charge in [0.15, 0.2) is 11.5 Å². The van der Waals surface area contributed by atoms with Crippen LogP contribution in [0.3, 0.4) is 0 Å². The summed E-state index contributed by atoms with van der Waals surface area (Å²) >= 11 is 0. The molecule has 1 spiro atoms. The number of nitrogen functional groups attached to an aromatic ring is 1. The number of amides is 1. The van der Waals surface area contributed by atoms with Crippen LogP contribution in [0.2, 0.25) is 0 Å². The summed E-state index contributed by atoms with van der Waals surface area (Å²) in [6, 6.07) is 27.4. The van der Waals surface area contributed by atoms with Crippen molar-refractivity contribution in [2.45, 2.75) is 93.8 Å². The molecule has 2 aromatic heterocycles. The number of sulfonamides is 1. The number of anilines is 3. The Labute approximate surface area is 440 Å². The van der Waals surface area contributed by atoms with E-state index in [0.717, 1.165) is 87.8 Å². The number of methoxy groups -OCH3 is 1. The molecule has 20 heteroatoms. The fourth-order valence-electron chi connectivity index (χ4n) is 11.8. The second-order valence-corrected chi connectivity index (χ2v) is 22.9. The number of piperidine rings is 1. The first-order valence-corrected chi connectivity index (χ1v) is 27.4. The third-order valence-corrected chi connectivity index (χ3v) is 17.4. The maximum absolute atomic E-state index is 15.5. The topological polar surface area (TPSA) is 186 Å². The number of benzene rings is 4. The van der Waals surface area contributed by atoms with E-state index >= 15 is 4.39 Å². The summed E-state index contributed by atoms with van der Waals surface area (Å²) in [5.74, 6) is -1.20. The molecule has 6 heterocycles. The highest BCUT2D eigenvalue weighted by Crippen LogP contribution is 2.55. The molecule has 1 amide bonds. The molecule has 4 fully saturated rings. The first-order valence-electron chi connectivity index (χ1n) is 26.0. The largest absolute Gasteiger partial charge is 0.586 e. The average molecular weight is 1070 g/mol. The number of H-pyrrole nitrogens is 1. The molecule has 402 valence electrons. The number of halogens is 3. The summed E-state index contributed by atoms with van der Waals surface area (Å²) in [7, 11) is -3.32. The number of pyridine rings is 1. The van der Waals surface area contributed by atoms with Crippen LogP contribution in [0.15, 0.2) is 102 Å². The molecule has 3 saturated heterocycles. The maximum Gasteiger partial charge on any atom is 0.586 e. The highest BCUT2D eigenvalue weighted by molar-refractivity contribution is 7.90. The number of hydrogen-bond donors (Lipinski definition) is 4. The average Bonchev–Trinajstić information content (AvgIpc) is 4.01. The first kappa shape index (κ1) is 51.4. The number of nitrogens with zero attached hydrogens (tertiary/aromatic N) is 4. The van der Waals surface area contributed by atoms with Crippen LogP contribution < -0.4 is 39.6 Å². The van der Waals surface area contributed by atoms with Crippen LogP contribution in [0.5, 0.6) is 28.7 Å². The monoisotopic (exact) mass is 1060 g/mol. The van der Waals surface area contributed by atoms with E-state index in [2.05, 4.69) is 80.2 Å². The van der Waals surface area contributed by atoms with E-state index in [4.69, 9.17) is 29.4 Å². The number of rotatable bonds is 15. The minimum absolute atomic E-state index is 0.0356. The molecule has 5 aliphatic rings. The van der Waals surface area contributed by atoms with E-state index in [-0.39, 0.29) is 72.5 Å². The van der Waals surface area contributed by atoms with Crippen molar-refractivity contribution in [1.29, 1.82) is 0 Å². The third-order valence-electron chi connectivity index (χ3n) is 16.0. The van der Waals surface area contributed by atoms with Gasteiger partial charge in [0.1, 0.15) is 39.1 Å². The Morgan fingerprint density at radius 2 is 1.66 bits per heavy atom. The molecular formula is C56H63F3N8O8S. The predicted octanol–water partition coefficient (Wildman–Crippen LogP) is 9.75. The van der Waals surface area contributed by atoms with Crippen LogP contribution in [-0.4, -0.2) is 112 Å². The Bertz CT molecular complexity index is 3230. The number of aromatic amines is 1. The Balaban J connectivity index is 0.805. The van der Waals surface area contributed by atoms with E-state index in [1.54, 1.807) is 31.5 Å². The van der Waals surface area contributed by atoms with Crippen molar-refractivity contribution in [2.24, 2.45) is 5.41 Å². The Morgan fingerprint density at radius 3 is 2.41 bits per heavy atom. The first-order chi connectivity index (χ1) is 36.5. The fourth-order valence-corrected chi connectivity index (χ4v) is 12.9. The van der Waals surface area contributed by atoms with Gasteiger partial charge in [-0.15, -0.1) is 8.78 Å². The molecule has 11 rings (SSSR count). The van der Waals surface area contributed by atoms with Gasteiger partial charge in [-0.2, -0.15) is 0 Å². The van der Waals surface area contributed by atoms with Gasteiger partial charge in [-0.3, -0.25) is 14.6 Å². The number of ether oxygens (including phenoxy) is 5. The maximum atomic E-state index is 15.5. The van der Waals surface area contributed by atoms with Gasteiger partial charge >= 0.3 is 6.29 Å². The Morgan fingerprint density at radius 1 is 0.908 bits per heavy atom. The zero-order chi connectivity index (χ0) is 53.0. The summed E-state index contributed by atoms with van der Waals surface area (Å²) in [5.41, 5.74) is 9.33. The predicted molar refractivity (Wildman–Crippen MR) is 282 cm³/mol. The van der Waals surface area contributed by atoms with Crippen LogP contribution in [0.4, 0.5) is 30.2 Å². The fraction of sp³-hybridized carbons (Fsp3) is 0.429. The van der Waals surface area contributed by atoms with E-state index in [9.17, 15) is 22.0 Å². The minimum Gasteiger partial charge on any atom is -0.497 e. The number of fused-ring (bicyclic) bond motifs is 2. The second kappa shape index (κ2) is 20.3. The summed E-state index contributed by atoms with van der Waals surface area (Å²) in [6.07, 6.45) is 3.14. The lowest BCUT2D eigenvalue weighted by atomic mass is 9.59. The molecule has 5 N–H and O–H groups in total. The quantitative estimate of drug-likeness (QED) is 0.0712. The summed E-state index contributed by atoms with van der Waals surface area (Å²) in [5, 5.41) is 3.46. The van der Waals surface area contributed by atoms with Crippen molar-refractivity contribution in [1.82, 2.24) is 24.5 Å². The number of hydrogen-bond acceptors (Lipinski definition) is 14. The molecule has 1 aliphatic carbocycles. The lowest BCUT2D eigenvalue weighted by Gasteiger charge is -2.58. The van der Waals surface area contributed by atoms with Crippen molar-refractivity contribution in [3.63, 3.8) is 0 Å². The highest BCUT2D eigenvalue weighted by atomic mass is 32.2. The molecule has 0 bridgehead atoms. The molecule has 16 nitrogen and oxygen atoms in total. The Hall–Kier alpha value is -6.74. The number of alkyl halides is 3. The van der Waals surface area contributed by atoms with Crippen LogP contribution in [0.1, 0.15) is 91.4 Å². The Kier molecular flexibility index (Phi) is 13.7. The van der Waals surface area contributed by atoms with Crippen LogP contribution in [-0.2, 0) is 21.3 Å². The van der Waals surface area contributed by atoms with Gasteiger partial charge in [0, 0.05) is 107 Å². The summed E-state index contributed by atoms with van der Waals surface area (Å²) in [4.78, 5) is 28.4. The van der Waals surface area contributed by atoms with Crippen LogP contribution in [0.25, 0.3) is 11.0 Å². The van der Waals surface area contributed by atoms with Crippen molar-refractivity contribution in [2.75, 3.05) is 75.5 Å². The van der Waals surface area contributed by atoms with E-state index in [1.165, 1.54) is 29.0 Å². The third kappa shape index (κ3) is 10.4. The van der Waals surface area contributed by atoms with Crippen LogP contribution >= 0.6 is 0 Å². The normalized spacial score (nSPS) is 20.4. The number of nitrogens with two attached hydrogens (primary N) is 1. The molecule has 1 atom stereocenters. The van der Waals surface area contributed by atoms with Crippen molar-refractivity contribution in [3.8, 4) is 28.7 Å². The smallest absolute Gasteiger partial charge is 0.497 e. The van der Waals surface area contributed by atoms with Gasteiger partial charge in [0.25, 0.3) is 15.9 Å². The molecule has 6 aromatic rings. The van der Waals surface area contributed by atoms with E-state index in [0.29, 0.717) is 17.6 Å². The zero-order valence-corrected chi connectivity index (χ0v) is 43.6.